The van der Waals surface area contributed by atoms with E-state index in [1.165, 1.54) is 12.0 Å². The van der Waals surface area contributed by atoms with Crippen molar-refractivity contribution in [3.8, 4) is 0 Å². The summed E-state index contributed by atoms with van der Waals surface area (Å²) >= 11 is 0. The average Bonchev–Trinajstić information content (AvgIpc) is 2.40. The molecule has 0 fully saturated rings. The molecule has 0 saturated heterocycles. The lowest BCUT2D eigenvalue weighted by atomic mass is 10.0. The molecule has 0 unspecified atom stereocenters. The Bertz CT molecular complexity index is 275. The van der Waals surface area contributed by atoms with Crippen molar-refractivity contribution in [2.24, 2.45) is 5.92 Å². The number of ether oxygens (including phenoxy) is 2. The molecule has 0 radical (unpaired) electrons. The molecule has 0 bridgehead atoms. The van der Waals surface area contributed by atoms with Crippen molar-refractivity contribution in [3.05, 3.63) is 0 Å². The molecule has 0 aromatic rings. The highest BCUT2D eigenvalue weighted by Crippen LogP contribution is 2.10. The number of methoxy groups -OCH3 is 1. The van der Waals surface area contributed by atoms with Crippen molar-refractivity contribution in [1.29, 1.82) is 0 Å². The second-order valence-electron chi connectivity index (χ2n) is 4.89. The average molecular weight is 273 g/mol. The molecule has 0 heterocycles. The number of nitrogens with zero attached hydrogens (tertiary/aromatic N) is 1. The number of amides is 1. The number of carbonyl (C=O) groups excluding carboxylic acids is 2. The van der Waals surface area contributed by atoms with E-state index in [0.717, 1.165) is 12.8 Å². The Kier molecular flexibility index (Phi) is 9.21. The van der Waals surface area contributed by atoms with Crippen LogP contribution < -0.4 is 0 Å². The summed E-state index contributed by atoms with van der Waals surface area (Å²) < 4.78 is 9.94. The van der Waals surface area contributed by atoms with Gasteiger partial charge in [0.05, 0.1) is 13.2 Å². The molecule has 112 valence electrons. The molecule has 0 spiro atoms. The first kappa shape index (κ1) is 17.9. The molecule has 0 aliphatic carbocycles. The topological polar surface area (TPSA) is 55.8 Å². The van der Waals surface area contributed by atoms with Crippen LogP contribution in [0.15, 0.2) is 0 Å². The molecule has 0 rings (SSSR count). The maximum absolute atomic E-state index is 12.1. The Hall–Kier alpha value is -1.10. The van der Waals surface area contributed by atoms with Gasteiger partial charge >= 0.3 is 5.97 Å². The molecular formula is C14H27NO4. The lowest BCUT2D eigenvalue weighted by molar-refractivity contribution is -0.149. The molecule has 0 aliphatic rings. The number of hydrogen-bond donors (Lipinski definition) is 0. The summed E-state index contributed by atoms with van der Waals surface area (Å²) in [6.07, 6.45) is 1.95. The molecule has 0 atom stereocenters. The Balaban J connectivity index is 4.55. The van der Waals surface area contributed by atoms with Gasteiger partial charge in [-0.1, -0.05) is 26.7 Å². The fourth-order valence-corrected chi connectivity index (χ4v) is 1.66. The molecule has 0 N–H and O–H groups in total. The molecule has 0 aromatic heterocycles. The van der Waals surface area contributed by atoms with Crippen LogP contribution in [0.3, 0.4) is 0 Å². The third kappa shape index (κ3) is 7.82. The van der Waals surface area contributed by atoms with E-state index < -0.39 is 5.97 Å². The summed E-state index contributed by atoms with van der Waals surface area (Å²) in [6.45, 7) is 8.49. The van der Waals surface area contributed by atoms with E-state index in [1.807, 2.05) is 13.8 Å². The van der Waals surface area contributed by atoms with Crippen molar-refractivity contribution in [2.75, 3.05) is 26.8 Å². The molecule has 0 aromatic carbocycles. The zero-order valence-electron chi connectivity index (χ0n) is 12.8. The molecule has 0 aliphatic heterocycles. The highest BCUT2D eigenvalue weighted by atomic mass is 16.5. The van der Waals surface area contributed by atoms with Crippen LogP contribution in [0.2, 0.25) is 0 Å². The quantitative estimate of drug-likeness (QED) is 0.602. The lowest BCUT2D eigenvalue weighted by Gasteiger charge is -2.26. The second kappa shape index (κ2) is 9.78. The highest BCUT2D eigenvalue weighted by Gasteiger charge is 2.20. The second-order valence-corrected chi connectivity index (χ2v) is 4.89. The standard InChI is InChI=1S/C14H27NO4/c1-6-12(7-2)8-15(9-14(17)18-5)13(16)10-19-11(3)4/h11-12H,6-10H2,1-5H3. The molecule has 5 nitrogen and oxygen atoms in total. The fourth-order valence-electron chi connectivity index (χ4n) is 1.66. The number of carbonyl (C=O) groups is 2. The van der Waals surface area contributed by atoms with Gasteiger partial charge in [0.15, 0.2) is 0 Å². The normalized spacial score (nSPS) is 10.9. The molecule has 0 saturated carbocycles. The minimum Gasteiger partial charge on any atom is -0.468 e. The monoisotopic (exact) mass is 273 g/mol. The third-order valence-corrected chi connectivity index (χ3v) is 3.07. The summed E-state index contributed by atoms with van der Waals surface area (Å²) in [7, 11) is 1.33. The minimum atomic E-state index is -0.399. The number of hydrogen-bond acceptors (Lipinski definition) is 4. The number of esters is 1. The van der Waals surface area contributed by atoms with Crippen LogP contribution in [-0.2, 0) is 19.1 Å². The van der Waals surface area contributed by atoms with Crippen LogP contribution in [0.1, 0.15) is 40.5 Å². The van der Waals surface area contributed by atoms with Crippen molar-refractivity contribution in [1.82, 2.24) is 4.90 Å². The Morgan fingerprint density at radius 2 is 1.74 bits per heavy atom. The maximum atomic E-state index is 12.1. The van der Waals surface area contributed by atoms with E-state index >= 15 is 0 Å². The molecule has 1 amide bonds. The van der Waals surface area contributed by atoms with Crippen LogP contribution in [-0.4, -0.2) is 49.7 Å². The van der Waals surface area contributed by atoms with Gasteiger partial charge in [-0.15, -0.1) is 0 Å². The van der Waals surface area contributed by atoms with Crippen LogP contribution >= 0.6 is 0 Å². The predicted molar refractivity (Wildman–Crippen MR) is 73.8 cm³/mol. The lowest BCUT2D eigenvalue weighted by Crippen LogP contribution is -2.41. The van der Waals surface area contributed by atoms with Crippen molar-refractivity contribution in [3.63, 3.8) is 0 Å². The van der Waals surface area contributed by atoms with E-state index in [4.69, 9.17) is 4.74 Å². The molecular weight excluding hydrogens is 246 g/mol. The number of rotatable bonds is 9. The van der Waals surface area contributed by atoms with E-state index in [9.17, 15) is 9.59 Å². The van der Waals surface area contributed by atoms with Gasteiger partial charge in [0.1, 0.15) is 13.2 Å². The first-order valence-corrected chi connectivity index (χ1v) is 6.90. The SMILES string of the molecule is CCC(CC)CN(CC(=O)OC)C(=O)COC(C)C. The summed E-state index contributed by atoms with van der Waals surface area (Å²) in [5, 5.41) is 0. The van der Waals surface area contributed by atoms with Crippen LogP contribution in [0.25, 0.3) is 0 Å². The largest absolute Gasteiger partial charge is 0.468 e. The first-order valence-electron chi connectivity index (χ1n) is 6.90. The maximum Gasteiger partial charge on any atom is 0.325 e. The summed E-state index contributed by atoms with van der Waals surface area (Å²) in [5.41, 5.74) is 0. The van der Waals surface area contributed by atoms with Crippen LogP contribution in [0, 0.1) is 5.92 Å². The van der Waals surface area contributed by atoms with Gasteiger partial charge in [-0.05, 0) is 19.8 Å². The smallest absolute Gasteiger partial charge is 0.325 e. The summed E-state index contributed by atoms with van der Waals surface area (Å²) in [6, 6.07) is 0. The summed E-state index contributed by atoms with van der Waals surface area (Å²) in [5.74, 6) is -0.164. The summed E-state index contributed by atoms with van der Waals surface area (Å²) in [4.78, 5) is 25.0. The van der Waals surface area contributed by atoms with E-state index in [-0.39, 0.29) is 25.2 Å². The van der Waals surface area contributed by atoms with Gasteiger partial charge in [0.2, 0.25) is 5.91 Å². The van der Waals surface area contributed by atoms with E-state index in [0.29, 0.717) is 12.5 Å². The van der Waals surface area contributed by atoms with Gasteiger partial charge in [0.25, 0.3) is 0 Å². The van der Waals surface area contributed by atoms with E-state index in [1.54, 1.807) is 0 Å². The van der Waals surface area contributed by atoms with Gasteiger partial charge in [0, 0.05) is 6.54 Å². The van der Waals surface area contributed by atoms with Crippen molar-refractivity contribution < 1.29 is 19.1 Å². The van der Waals surface area contributed by atoms with Crippen LogP contribution in [0.4, 0.5) is 0 Å². The zero-order chi connectivity index (χ0) is 14.8. The van der Waals surface area contributed by atoms with Gasteiger partial charge in [-0.25, -0.2) is 0 Å². The van der Waals surface area contributed by atoms with Gasteiger partial charge in [-0.3, -0.25) is 9.59 Å². The van der Waals surface area contributed by atoms with Gasteiger partial charge in [-0.2, -0.15) is 0 Å². The Morgan fingerprint density at radius 3 is 2.16 bits per heavy atom. The third-order valence-electron chi connectivity index (χ3n) is 3.07. The molecule has 19 heavy (non-hydrogen) atoms. The zero-order valence-corrected chi connectivity index (χ0v) is 12.8. The van der Waals surface area contributed by atoms with Crippen molar-refractivity contribution in [2.45, 2.75) is 46.6 Å². The first-order chi connectivity index (χ1) is 8.94. The fraction of sp³-hybridized carbons (Fsp3) is 0.857. The predicted octanol–water partition coefficient (Wildman–Crippen LogP) is 1.85. The molecule has 5 heteroatoms. The van der Waals surface area contributed by atoms with Gasteiger partial charge < -0.3 is 14.4 Å². The highest BCUT2D eigenvalue weighted by molar-refractivity contribution is 5.82. The minimum absolute atomic E-state index is 0.00271. The van der Waals surface area contributed by atoms with Crippen molar-refractivity contribution >= 4 is 11.9 Å². The van der Waals surface area contributed by atoms with Crippen LogP contribution in [0.5, 0.6) is 0 Å². The Morgan fingerprint density at radius 1 is 1.16 bits per heavy atom. The Labute approximate surface area is 116 Å². The van der Waals surface area contributed by atoms with E-state index in [2.05, 4.69) is 18.6 Å².